The Labute approximate surface area is 97.8 Å². The fourth-order valence-electron chi connectivity index (χ4n) is 1.63. The van der Waals surface area contributed by atoms with Gasteiger partial charge >= 0.3 is 0 Å². The Morgan fingerprint density at radius 1 is 1.69 bits per heavy atom. The second-order valence-electron chi connectivity index (χ2n) is 3.27. The molecule has 0 fully saturated rings. The Balaban J connectivity index is 2.44. The van der Waals surface area contributed by atoms with E-state index in [4.69, 9.17) is 17.4 Å². The first kappa shape index (κ1) is 11.1. The summed E-state index contributed by atoms with van der Waals surface area (Å²) in [6.45, 7) is 2.71. The number of hydrogen-bond donors (Lipinski definition) is 3. The molecule has 2 rings (SSSR count). The third-order valence-electron chi connectivity index (χ3n) is 2.37. The van der Waals surface area contributed by atoms with Crippen molar-refractivity contribution in [2.24, 2.45) is 5.84 Å². The standard InChI is InChI=1S/C9H13ClN6/c1-2-16-8(6(10)5-14-16)7(15-11)9-12-3-4-13-9/h3-5,7,15H,2,11H2,1H3,(H,12,13). The van der Waals surface area contributed by atoms with Crippen LogP contribution < -0.4 is 11.3 Å². The third-order valence-corrected chi connectivity index (χ3v) is 2.66. The van der Waals surface area contributed by atoms with Gasteiger partial charge in [0.2, 0.25) is 0 Å². The summed E-state index contributed by atoms with van der Waals surface area (Å²) in [7, 11) is 0. The number of aromatic amines is 1. The molecule has 6 nitrogen and oxygen atoms in total. The van der Waals surface area contributed by atoms with E-state index in [-0.39, 0.29) is 6.04 Å². The highest BCUT2D eigenvalue weighted by molar-refractivity contribution is 6.31. The number of nitrogens with one attached hydrogen (secondary N) is 2. The maximum atomic E-state index is 6.09. The summed E-state index contributed by atoms with van der Waals surface area (Å²) >= 11 is 6.09. The molecule has 2 heterocycles. The van der Waals surface area contributed by atoms with Crippen LogP contribution in [-0.2, 0) is 6.54 Å². The van der Waals surface area contributed by atoms with Gasteiger partial charge in [-0.15, -0.1) is 0 Å². The number of imidazole rings is 1. The predicted octanol–water partition coefficient (Wildman–Crippen LogP) is 0.832. The van der Waals surface area contributed by atoms with Crippen LogP contribution in [0.25, 0.3) is 0 Å². The number of hydrazine groups is 1. The number of aryl methyl sites for hydroxylation is 1. The molecule has 0 aromatic carbocycles. The van der Waals surface area contributed by atoms with E-state index >= 15 is 0 Å². The van der Waals surface area contributed by atoms with E-state index in [0.29, 0.717) is 10.8 Å². The van der Waals surface area contributed by atoms with E-state index < -0.39 is 0 Å². The van der Waals surface area contributed by atoms with Crippen LogP contribution in [0.1, 0.15) is 24.5 Å². The Morgan fingerprint density at radius 2 is 2.50 bits per heavy atom. The van der Waals surface area contributed by atoms with E-state index in [1.54, 1.807) is 23.3 Å². The van der Waals surface area contributed by atoms with Crippen molar-refractivity contribution in [3.8, 4) is 0 Å². The molecular formula is C9H13ClN6. The van der Waals surface area contributed by atoms with Crippen LogP contribution in [0.3, 0.4) is 0 Å². The van der Waals surface area contributed by atoms with Crippen LogP contribution in [0.5, 0.6) is 0 Å². The largest absolute Gasteiger partial charge is 0.347 e. The predicted molar refractivity (Wildman–Crippen MR) is 60.7 cm³/mol. The van der Waals surface area contributed by atoms with Crippen molar-refractivity contribution in [1.82, 2.24) is 25.2 Å². The van der Waals surface area contributed by atoms with Gasteiger partial charge < -0.3 is 4.98 Å². The molecule has 2 aromatic heterocycles. The van der Waals surface area contributed by atoms with Gasteiger partial charge in [-0.25, -0.2) is 10.4 Å². The number of aromatic nitrogens is 4. The van der Waals surface area contributed by atoms with Gasteiger partial charge in [0.05, 0.1) is 16.9 Å². The quantitative estimate of drug-likeness (QED) is 0.546. The fraction of sp³-hybridized carbons (Fsp3) is 0.333. The Bertz CT molecular complexity index is 449. The minimum atomic E-state index is -0.287. The maximum Gasteiger partial charge on any atom is 0.130 e. The molecule has 0 amide bonds. The third kappa shape index (κ3) is 1.82. The van der Waals surface area contributed by atoms with E-state index in [2.05, 4.69) is 20.5 Å². The van der Waals surface area contributed by atoms with Crippen molar-refractivity contribution in [1.29, 1.82) is 0 Å². The normalized spacial score (nSPS) is 12.9. The van der Waals surface area contributed by atoms with E-state index in [0.717, 1.165) is 12.2 Å². The molecule has 1 atom stereocenters. The zero-order valence-corrected chi connectivity index (χ0v) is 9.57. The van der Waals surface area contributed by atoms with Crippen LogP contribution in [0, 0.1) is 0 Å². The summed E-state index contributed by atoms with van der Waals surface area (Å²) in [5.41, 5.74) is 3.49. The van der Waals surface area contributed by atoms with Crippen LogP contribution in [0.15, 0.2) is 18.6 Å². The Hall–Kier alpha value is -1.37. The summed E-state index contributed by atoms with van der Waals surface area (Å²) in [5, 5.41) is 4.73. The lowest BCUT2D eigenvalue weighted by Crippen LogP contribution is -2.31. The summed E-state index contributed by atoms with van der Waals surface area (Å²) in [5.74, 6) is 6.25. The van der Waals surface area contributed by atoms with E-state index in [9.17, 15) is 0 Å². The fourth-order valence-corrected chi connectivity index (χ4v) is 1.88. The van der Waals surface area contributed by atoms with Gasteiger partial charge in [-0.1, -0.05) is 11.6 Å². The van der Waals surface area contributed by atoms with Gasteiger partial charge in [-0.2, -0.15) is 5.10 Å². The Morgan fingerprint density at radius 3 is 3.06 bits per heavy atom. The van der Waals surface area contributed by atoms with Crippen LogP contribution in [-0.4, -0.2) is 19.7 Å². The first-order chi connectivity index (χ1) is 7.77. The zero-order valence-electron chi connectivity index (χ0n) is 8.81. The van der Waals surface area contributed by atoms with Crippen molar-refractivity contribution in [3.63, 3.8) is 0 Å². The summed E-state index contributed by atoms with van der Waals surface area (Å²) < 4.78 is 1.79. The maximum absolute atomic E-state index is 6.09. The number of halogens is 1. The van der Waals surface area contributed by atoms with Crippen molar-refractivity contribution >= 4 is 11.6 Å². The molecule has 0 aliphatic rings. The molecule has 2 aromatic rings. The molecule has 16 heavy (non-hydrogen) atoms. The van der Waals surface area contributed by atoms with Gasteiger partial charge in [0, 0.05) is 18.9 Å². The first-order valence-electron chi connectivity index (χ1n) is 4.94. The molecule has 4 N–H and O–H groups in total. The molecule has 0 aliphatic carbocycles. The topological polar surface area (TPSA) is 84.6 Å². The van der Waals surface area contributed by atoms with Crippen molar-refractivity contribution in [2.45, 2.75) is 19.5 Å². The highest BCUT2D eigenvalue weighted by atomic mass is 35.5. The van der Waals surface area contributed by atoms with Crippen LogP contribution in [0.2, 0.25) is 5.02 Å². The number of H-pyrrole nitrogens is 1. The first-order valence-corrected chi connectivity index (χ1v) is 5.32. The molecule has 0 saturated carbocycles. The number of hydrogen-bond acceptors (Lipinski definition) is 4. The number of nitrogens with two attached hydrogens (primary N) is 1. The second-order valence-corrected chi connectivity index (χ2v) is 3.67. The minimum absolute atomic E-state index is 0.287. The van der Waals surface area contributed by atoms with Crippen LogP contribution >= 0.6 is 11.6 Å². The molecule has 0 bridgehead atoms. The highest BCUT2D eigenvalue weighted by Gasteiger charge is 2.22. The van der Waals surface area contributed by atoms with E-state index in [1.165, 1.54) is 0 Å². The summed E-state index contributed by atoms with van der Waals surface area (Å²) in [4.78, 5) is 7.16. The van der Waals surface area contributed by atoms with Crippen molar-refractivity contribution in [3.05, 3.63) is 35.1 Å². The smallest absolute Gasteiger partial charge is 0.130 e. The monoisotopic (exact) mass is 240 g/mol. The lowest BCUT2D eigenvalue weighted by atomic mass is 10.2. The second kappa shape index (κ2) is 4.65. The van der Waals surface area contributed by atoms with Gasteiger partial charge in [-0.05, 0) is 6.92 Å². The van der Waals surface area contributed by atoms with Crippen molar-refractivity contribution in [2.75, 3.05) is 0 Å². The zero-order chi connectivity index (χ0) is 11.5. The van der Waals surface area contributed by atoms with Crippen molar-refractivity contribution < 1.29 is 0 Å². The molecule has 0 saturated heterocycles. The Kier molecular flexibility index (Phi) is 3.23. The van der Waals surface area contributed by atoms with Crippen LogP contribution in [0.4, 0.5) is 0 Å². The minimum Gasteiger partial charge on any atom is -0.347 e. The van der Waals surface area contributed by atoms with E-state index in [1.807, 2.05) is 6.92 Å². The van der Waals surface area contributed by atoms with Gasteiger partial charge in [0.25, 0.3) is 0 Å². The van der Waals surface area contributed by atoms with Gasteiger partial charge in [-0.3, -0.25) is 10.5 Å². The summed E-state index contributed by atoms with van der Waals surface area (Å²) in [6, 6.07) is -0.287. The molecular weight excluding hydrogens is 228 g/mol. The molecule has 0 aliphatic heterocycles. The average Bonchev–Trinajstić information content (AvgIpc) is 2.91. The molecule has 0 spiro atoms. The molecule has 0 radical (unpaired) electrons. The number of nitrogens with zero attached hydrogens (tertiary/aromatic N) is 3. The SMILES string of the molecule is CCn1ncc(Cl)c1C(NN)c1ncc[nH]1. The molecule has 7 heteroatoms. The number of rotatable bonds is 4. The highest BCUT2D eigenvalue weighted by Crippen LogP contribution is 2.25. The van der Waals surface area contributed by atoms with Gasteiger partial charge in [0.1, 0.15) is 11.9 Å². The van der Waals surface area contributed by atoms with Gasteiger partial charge in [0.15, 0.2) is 0 Å². The molecule has 1 unspecified atom stereocenters. The average molecular weight is 241 g/mol. The lowest BCUT2D eigenvalue weighted by molar-refractivity contribution is 0.529. The summed E-state index contributed by atoms with van der Waals surface area (Å²) in [6.07, 6.45) is 5.01. The lowest BCUT2D eigenvalue weighted by Gasteiger charge is -2.15. The molecule has 86 valence electrons.